The molecule has 0 aromatic heterocycles. The van der Waals surface area contributed by atoms with E-state index in [9.17, 15) is 9.59 Å². The van der Waals surface area contributed by atoms with Gasteiger partial charge in [-0.3, -0.25) is 9.59 Å². The molecule has 2 aromatic rings. The number of nitrogens with one attached hydrogen (secondary N) is 1. The van der Waals surface area contributed by atoms with Gasteiger partial charge >= 0.3 is 5.97 Å². The maximum absolute atomic E-state index is 11.7. The van der Waals surface area contributed by atoms with E-state index < -0.39 is 0 Å². The Kier molecular flexibility index (Phi) is 9.28. The largest absolute Gasteiger partial charge is 0.469 e. The molecule has 0 bridgehead atoms. The highest BCUT2D eigenvalue weighted by Gasteiger charge is 1.99. The van der Waals surface area contributed by atoms with Crippen molar-refractivity contribution >= 4 is 18.0 Å². The number of ether oxygens (including phenoxy) is 1. The zero-order chi connectivity index (χ0) is 20.0. The summed E-state index contributed by atoms with van der Waals surface area (Å²) in [5, 5.41) is 2.83. The van der Waals surface area contributed by atoms with Gasteiger partial charge in [0.25, 0.3) is 0 Å². The number of esters is 1. The van der Waals surface area contributed by atoms with Crippen LogP contribution in [0.25, 0.3) is 17.2 Å². The second-order valence-electron chi connectivity index (χ2n) is 6.38. The predicted molar refractivity (Wildman–Crippen MR) is 114 cm³/mol. The number of rotatable bonds is 10. The molecule has 0 saturated carbocycles. The first kappa shape index (κ1) is 21.2. The van der Waals surface area contributed by atoms with Gasteiger partial charge in [0, 0.05) is 19.0 Å². The van der Waals surface area contributed by atoms with Gasteiger partial charge in [-0.2, -0.15) is 0 Å². The minimum Gasteiger partial charge on any atom is -0.469 e. The average molecular weight is 377 g/mol. The zero-order valence-corrected chi connectivity index (χ0v) is 16.3. The number of methoxy groups -OCH3 is 1. The fourth-order valence-corrected chi connectivity index (χ4v) is 2.67. The number of carbonyl (C=O) groups excluding carboxylic acids is 2. The molecular weight excluding hydrogens is 350 g/mol. The van der Waals surface area contributed by atoms with Crippen LogP contribution < -0.4 is 5.32 Å². The lowest BCUT2D eigenvalue weighted by Crippen LogP contribution is -2.22. The molecule has 0 aliphatic heterocycles. The third-order valence-electron chi connectivity index (χ3n) is 4.25. The molecule has 28 heavy (non-hydrogen) atoms. The summed E-state index contributed by atoms with van der Waals surface area (Å²) in [4.78, 5) is 22.7. The monoisotopic (exact) mass is 377 g/mol. The van der Waals surface area contributed by atoms with Gasteiger partial charge in [0.05, 0.1) is 7.11 Å². The molecule has 0 saturated heterocycles. The van der Waals surface area contributed by atoms with E-state index in [2.05, 4.69) is 46.5 Å². The summed E-state index contributed by atoms with van der Waals surface area (Å²) in [6, 6.07) is 18.5. The highest BCUT2D eigenvalue weighted by atomic mass is 16.5. The first-order valence-electron chi connectivity index (χ1n) is 9.54. The third-order valence-corrected chi connectivity index (χ3v) is 4.25. The number of allylic oxidation sites excluding steroid dienone is 2. The highest BCUT2D eigenvalue weighted by Crippen LogP contribution is 2.19. The lowest BCUT2D eigenvalue weighted by atomic mass is 10.0. The van der Waals surface area contributed by atoms with Crippen molar-refractivity contribution < 1.29 is 14.3 Å². The number of hydrogen-bond donors (Lipinski definition) is 1. The van der Waals surface area contributed by atoms with Crippen molar-refractivity contribution in [2.24, 2.45) is 0 Å². The standard InChI is InChI=1S/C24H27NO3/c1-28-24(27)14-6-3-9-19-25-23(26)13-8-7-10-20-15-17-22(18-16-20)21-11-4-2-5-12-21/h2,4-5,7-8,10-13,15-18H,3,6,9,14,19H2,1H3,(H,25,26)/b10-7+,13-8+. The van der Waals surface area contributed by atoms with Crippen LogP contribution in [-0.4, -0.2) is 25.5 Å². The molecule has 0 unspecified atom stereocenters. The van der Waals surface area contributed by atoms with Crippen LogP contribution in [0.3, 0.4) is 0 Å². The number of hydrogen-bond acceptors (Lipinski definition) is 3. The van der Waals surface area contributed by atoms with E-state index in [1.807, 2.05) is 30.4 Å². The molecule has 0 spiro atoms. The van der Waals surface area contributed by atoms with E-state index >= 15 is 0 Å². The topological polar surface area (TPSA) is 55.4 Å². The van der Waals surface area contributed by atoms with Gasteiger partial charge in [-0.05, 0) is 29.5 Å². The average Bonchev–Trinajstić information content (AvgIpc) is 2.74. The summed E-state index contributed by atoms with van der Waals surface area (Å²) in [5.74, 6) is -0.300. The highest BCUT2D eigenvalue weighted by molar-refractivity contribution is 5.87. The van der Waals surface area contributed by atoms with E-state index in [0.29, 0.717) is 13.0 Å². The van der Waals surface area contributed by atoms with Crippen LogP contribution in [0.2, 0.25) is 0 Å². The first-order chi connectivity index (χ1) is 13.7. The molecule has 1 amide bonds. The fraction of sp³-hybridized carbons (Fsp3) is 0.250. The van der Waals surface area contributed by atoms with Crippen molar-refractivity contribution in [2.75, 3.05) is 13.7 Å². The Bertz CT molecular complexity index is 792. The third kappa shape index (κ3) is 8.04. The lowest BCUT2D eigenvalue weighted by Gasteiger charge is -2.02. The first-order valence-corrected chi connectivity index (χ1v) is 9.54. The van der Waals surface area contributed by atoms with Gasteiger partial charge in [0.2, 0.25) is 5.91 Å². The summed E-state index contributed by atoms with van der Waals surface area (Å²) in [5.41, 5.74) is 3.45. The van der Waals surface area contributed by atoms with Crippen LogP contribution in [0.15, 0.2) is 72.8 Å². The molecule has 4 nitrogen and oxygen atoms in total. The number of carbonyl (C=O) groups is 2. The van der Waals surface area contributed by atoms with E-state index in [1.165, 1.54) is 24.3 Å². The molecular formula is C24H27NO3. The maximum Gasteiger partial charge on any atom is 0.305 e. The summed E-state index contributed by atoms with van der Waals surface area (Å²) >= 11 is 0. The predicted octanol–water partition coefficient (Wildman–Crippen LogP) is 4.77. The Labute approximate surface area is 166 Å². The minimum absolute atomic E-state index is 0.114. The Balaban J connectivity index is 1.67. The summed E-state index contributed by atoms with van der Waals surface area (Å²) in [6.07, 6.45) is 10.0. The van der Waals surface area contributed by atoms with Crippen molar-refractivity contribution in [3.8, 4) is 11.1 Å². The smallest absolute Gasteiger partial charge is 0.305 e. The number of benzene rings is 2. The second kappa shape index (κ2) is 12.3. The summed E-state index contributed by atoms with van der Waals surface area (Å²) in [7, 11) is 1.39. The summed E-state index contributed by atoms with van der Waals surface area (Å²) < 4.78 is 4.58. The molecule has 146 valence electrons. The summed E-state index contributed by atoms with van der Waals surface area (Å²) in [6.45, 7) is 0.606. The van der Waals surface area contributed by atoms with Crippen molar-refractivity contribution in [1.29, 1.82) is 0 Å². The van der Waals surface area contributed by atoms with E-state index in [-0.39, 0.29) is 11.9 Å². The van der Waals surface area contributed by atoms with Crippen LogP contribution in [0.5, 0.6) is 0 Å². The molecule has 0 fully saturated rings. The van der Waals surface area contributed by atoms with Gasteiger partial charge in [-0.15, -0.1) is 0 Å². The Morgan fingerprint density at radius 3 is 2.32 bits per heavy atom. The van der Waals surface area contributed by atoms with Crippen molar-refractivity contribution in [1.82, 2.24) is 5.32 Å². The van der Waals surface area contributed by atoms with Crippen LogP contribution in [-0.2, 0) is 14.3 Å². The molecule has 0 aliphatic rings. The Morgan fingerprint density at radius 2 is 1.61 bits per heavy atom. The molecule has 0 aliphatic carbocycles. The van der Waals surface area contributed by atoms with Gasteiger partial charge in [-0.25, -0.2) is 0 Å². The van der Waals surface area contributed by atoms with Gasteiger partial charge < -0.3 is 10.1 Å². The van der Waals surface area contributed by atoms with Crippen LogP contribution in [0, 0.1) is 0 Å². The Hall–Kier alpha value is -3.14. The molecule has 0 radical (unpaired) electrons. The molecule has 0 heterocycles. The van der Waals surface area contributed by atoms with E-state index in [1.54, 1.807) is 6.08 Å². The molecule has 2 rings (SSSR count). The second-order valence-corrected chi connectivity index (χ2v) is 6.38. The zero-order valence-electron chi connectivity index (χ0n) is 16.3. The number of unbranched alkanes of at least 4 members (excludes halogenated alkanes) is 2. The minimum atomic E-state index is -0.187. The van der Waals surface area contributed by atoms with E-state index in [0.717, 1.165) is 24.8 Å². The maximum atomic E-state index is 11.7. The molecule has 1 N–H and O–H groups in total. The van der Waals surface area contributed by atoms with Crippen LogP contribution in [0.1, 0.15) is 31.2 Å². The fourth-order valence-electron chi connectivity index (χ4n) is 2.67. The van der Waals surface area contributed by atoms with Gasteiger partial charge in [0.1, 0.15) is 0 Å². The molecule has 0 atom stereocenters. The Morgan fingerprint density at radius 1 is 0.893 bits per heavy atom. The van der Waals surface area contributed by atoms with Crippen molar-refractivity contribution in [3.63, 3.8) is 0 Å². The van der Waals surface area contributed by atoms with Crippen molar-refractivity contribution in [3.05, 3.63) is 78.4 Å². The number of amides is 1. The van der Waals surface area contributed by atoms with Crippen LogP contribution in [0.4, 0.5) is 0 Å². The lowest BCUT2D eigenvalue weighted by molar-refractivity contribution is -0.140. The van der Waals surface area contributed by atoms with Crippen LogP contribution >= 0.6 is 0 Å². The SMILES string of the molecule is COC(=O)CCCCCNC(=O)/C=C/C=C/c1ccc(-c2ccccc2)cc1. The quantitative estimate of drug-likeness (QED) is 0.281. The molecule has 2 aromatic carbocycles. The van der Waals surface area contributed by atoms with Crippen molar-refractivity contribution in [2.45, 2.75) is 25.7 Å². The van der Waals surface area contributed by atoms with E-state index in [4.69, 9.17) is 0 Å². The molecule has 4 heteroatoms. The van der Waals surface area contributed by atoms with Gasteiger partial charge in [0.15, 0.2) is 0 Å². The normalized spacial score (nSPS) is 11.0. The van der Waals surface area contributed by atoms with Gasteiger partial charge in [-0.1, -0.05) is 79.2 Å².